The summed E-state index contributed by atoms with van der Waals surface area (Å²) >= 11 is 0. The second kappa shape index (κ2) is 6.94. The first-order valence-corrected chi connectivity index (χ1v) is 7.74. The molecule has 1 saturated heterocycles. The summed E-state index contributed by atoms with van der Waals surface area (Å²) in [6, 6.07) is 17.1. The molecule has 1 unspecified atom stereocenters. The number of hydrogen-bond donors (Lipinski definition) is 1. The Labute approximate surface area is 135 Å². The Balaban J connectivity index is 1.78. The number of benzene rings is 2. The Morgan fingerprint density at radius 3 is 2.13 bits per heavy atom. The third-order valence-electron chi connectivity index (χ3n) is 4.18. The van der Waals surface area contributed by atoms with Gasteiger partial charge in [0.15, 0.2) is 0 Å². The molecule has 3 rings (SSSR count). The Hall–Kier alpha value is -2.17. The average molecular weight is 312 g/mol. The molecule has 1 aliphatic rings. The highest BCUT2D eigenvalue weighted by atomic mass is 16.5. The normalized spacial score (nSPS) is 24.2. The van der Waals surface area contributed by atoms with E-state index in [-0.39, 0.29) is 18.2 Å². The van der Waals surface area contributed by atoms with Crippen molar-refractivity contribution in [1.82, 2.24) is 0 Å². The Bertz CT molecular complexity index is 651. The maximum Gasteiger partial charge on any atom is 0.337 e. The number of methoxy groups -OCH3 is 1. The van der Waals surface area contributed by atoms with Crippen molar-refractivity contribution in [3.05, 3.63) is 71.3 Å². The third-order valence-corrected chi connectivity index (χ3v) is 4.18. The fourth-order valence-electron chi connectivity index (χ4n) is 2.95. The van der Waals surface area contributed by atoms with Gasteiger partial charge in [-0.3, -0.25) is 0 Å². The number of ether oxygens (including phenoxy) is 2. The van der Waals surface area contributed by atoms with Gasteiger partial charge in [0.05, 0.1) is 31.0 Å². The highest BCUT2D eigenvalue weighted by molar-refractivity contribution is 5.89. The summed E-state index contributed by atoms with van der Waals surface area (Å²) in [4.78, 5) is 11.5. The molecule has 0 amide bonds. The molecule has 0 aliphatic carbocycles. The van der Waals surface area contributed by atoms with Gasteiger partial charge < -0.3 is 14.6 Å². The van der Waals surface area contributed by atoms with Gasteiger partial charge in [0.1, 0.15) is 0 Å². The molecule has 0 saturated carbocycles. The van der Waals surface area contributed by atoms with Crippen molar-refractivity contribution < 1.29 is 19.4 Å². The topological polar surface area (TPSA) is 55.8 Å². The molecule has 120 valence electrons. The number of rotatable bonds is 3. The molecule has 0 radical (unpaired) electrons. The predicted octanol–water partition coefficient (Wildman–Crippen LogP) is 3.43. The third kappa shape index (κ3) is 3.60. The molecule has 2 aromatic carbocycles. The quantitative estimate of drug-likeness (QED) is 0.882. The van der Waals surface area contributed by atoms with Crippen LogP contribution in [-0.2, 0) is 9.47 Å². The fourth-order valence-corrected chi connectivity index (χ4v) is 2.95. The summed E-state index contributed by atoms with van der Waals surface area (Å²) in [7, 11) is 1.36. The highest BCUT2D eigenvalue weighted by Gasteiger charge is 2.30. The zero-order chi connectivity index (χ0) is 16.2. The summed E-state index contributed by atoms with van der Waals surface area (Å²) in [5.41, 5.74) is 2.53. The van der Waals surface area contributed by atoms with E-state index < -0.39 is 6.10 Å². The zero-order valence-corrected chi connectivity index (χ0v) is 13.0. The van der Waals surface area contributed by atoms with E-state index in [1.54, 1.807) is 12.1 Å². The summed E-state index contributed by atoms with van der Waals surface area (Å²) < 4.78 is 10.9. The molecule has 1 aliphatic heterocycles. The predicted molar refractivity (Wildman–Crippen MR) is 86.0 cm³/mol. The van der Waals surface area contributed by atoms with Crippen molar-refractivity contribution in [3.8, 4) is 0 Å². The van der Waals surface area contributed by atoms with Crippen LogP contribution >= 0.6 is 0 Å². The van der Waals surface area contributed by atoms with Crippen LogP contribution in [0.3, 0.4) is 0 Å². The van der Waals surface area contributed by atoms with Gasteiger partial charge in [0, 0.05) is 12.8 Å². The minimum Gasteiger partial charge on any atom is -0.465 e. The van der Waals surface area contributed by atoms with E-state index in [4.69, 9.17) is 9.47 Å². The highest BCUT2D eigenvalue weighted by Crippen LogP contribution is 2.38. The van der Waals surface area contributed by atoms with Gasteiger partial charge in [0.25, 0.3) is 0 Å². The Kier molecular flexibility index (Phi) is 4.74. The number of aliphatic hydroxyl groups excluding tert-OH is 1. The molecule has 3 atom stereocenters. The first kappa shape index (κ1) is 15.7. The Morgan fingerprint density at radius 1 is 1.00 bits per heavy atom. The summed E-state index contributed by atoms with van der Waals surface area (Å²) in [5, 5.41) is 10.2. The summed E-state index contributed by atoms with van der Waals surface area (Å²) in [5.74, 6) is -0.358. The largest absolute Gasteiger partial charge is 0.465 e. The second-order valence-corrected chi connectivity index (χ2v) is 5.76. The van der Waals surface area contributed by atoms with Gasteiger partial charge in [-0.1, -0.05) is 42.5 Å². The van der Waals surface area contributed by atoms with Crippen LogP contribution in [0.2, 0.25) is 0 Å². The minimum atomic E-state index is -0.403. The van der Waals surface area contributed by atoms with E-state index in [1.165, 1.54) is 7.11 Å². The van der Waals surface area contributed by atoms with Gasteiger partial charge in [-0.15, -0.1) is 0 Å². The standard InChI is InChI=1S/C19H20O4/c1-22-19(21)15-9-7-14(8-10-15)18-12-16(20)11-17(23-18)13-5-3-2-4-6-13/h2-10,16-18,20H,11-12H2,1H3/t16?,17-,18+/m0/s1. The molecule has 1 fully saturated rings. The zero-order valence-electron chi connectivity index (χ0n) is 13.0. The van der Waals surface area contributed by atoms with Gasteiger partial charge in [-0.05, 0) is 23.3 Å². The summed E-state index contributed by atoms with van der Waals surface area (Å²) in [6.45, 7) is 0. The van der Waals surface area contributed by atoms with Crippen molar-refractivity contribution in [2.45, 2.75) is 31.2 Å². The first-order chi connectivity index (χ1) is 11.2. The van der Waals surface area contributed by atoms with Crippen molar-refractivity contribution in [1.29, 1.82) is 0 Å². The average Bonchev–Trinajstić information content (AvgIpc) is 2.61. The maximum absolute atomic E-state index is 11.5. The van der Waals surface area contributed by atoms with Crippen molar-refractivity contribution >= 4 is 5.97 Å². The van der Waals surface area contributed by atoms with Gasteiger partial charge in [0.2, 0.25) is 0 Å². The Morgan fingerprint density at radius 2 is 1.57 bits per heavy atom. The van der Waals surface area contributed by atoms with Crippen molar-refractivity contribution in [3.63, 3.8) is 0 Å². The van der Waals surface area contributed by atoms with Gasteiger partial charge >= 0.3 is 5.97 Å². The van der Waals surface area contributed by atoms with Crippen LogP contribution in [-0.4, -0.2) is 24.3 Å². The van der Waals surface area contributed by atoms with Crippen LogP contribution in [0.4, 0.5) is 0 Å². The van der Waals surface area contributed by atoms with Gasteiger partial charge in [-0.25, -0.2) is 4.79 Å². The maximum atomic E-state index is 11.5. The number of aliphatic hydroxyl groups is 1. The molecule has 23 heavy (non-hydrogen) atoms. The lowest BCUT2D eigenvalue weighted by Crippen LogP contribution is -2.26. The lowest BCUT2D eigenvalue weighted by molar-refractivity contribution is -0.0998. The smallest absolute Gasteiger partial charge is 0.337 e. The van der Waals surface area contributed by atoms with E-state index in [1.807, 2.05) is 42.5 Å². The molecule has 4 nitrogen and oxygen atoms in total. The molecule has 1 heterocycles. The molecule has 2 aromatic rings. The lowest BCUT2D eigenvalue weighted by atomic mass is 9.92. The van der Waals surface area contributed by atoms with E-state index in [0.717, 1.165) is 11.1 Å². The fraction of sp³-hybridized carbons (Fsp3) is 0.316. The second-order valence-electron chi connectivity index (χ2n) is 5.76. The lowest BCUT2D eigenvalue weighted by Gasteiger charge is -2.33. The van der Waals surface area contributed by atoms with Gasteiger partial charge in [-0.2, -0.15) is 0 Å². The minimum absolute atomic E-state index is 0.120. The summed E-state index contributed by atoms with van der Waals surface area (Å²) in [6.07, 6.45) is 0.446. The van der Waals surface area contributed by atoms with Crippen molar-refractivity contribution in [2.24, 2.45) is 0 Å². The van der Waals surface area contributed by atoms with Crippen molar-refractivity contribution in [2.75, 3.05) is 7.11 Å². The molecule has 0 aromatic heterocycles. The number of carbonyl (C=O) groups is 1. The molecule has 0 spiro atoms. The van der Waals surface area contributed by atoms with Crippen LogP contribution in [0.5, 0.6) is 0 Å². The van der Waals surface area contributed by atoms with E-state index in [2.05, 4.69) is 0 Å². The van der Waals surface area contributed by atoms with Crippen LogP contribution in [0.25, 0.3) is 0 Å². The number of esters is 1. The van der Waals surface area contributed by atoms with E-state index in [9.17, 15) is 9.90 Å². The van der Waals surface area contributed by atoms with Crippen LogP contribution < -0.4 is 0 Å². The molecular weight excluding hydrogens is 292 g/mol. The molecular formula is C19H20O4. The monoisotopic (exact) mass is 312 g/mol. The molecule has 4 heteroatoms. The SMILES string of the molecule is COC(=O)c1ccc([C@H]2CC(O)C[C@@H](c3ccccc3)O2)cc1. The van der Waals surface area contributed by atoms with Crippen LogP contribution in [0.1, 0.15) is 46.5 Å². The first-order valence-electron chi connectivity index (χ1n) is 7.74. The molecule has 1 N–H and O–H groups in total. The van der Waals surface area contributed by atoms with E-state index in [0.29, 0.717) is 18.4 Å². The number of hydrogen-bond acceptors (Lipinski definition) is 4. The van der Waals surface area contributed by atoms with E-state index >= 15 is 0 Å². The number of carbonyl (C=O) groups excluding carboxylic acids is 1. The molecule has 0 bridgehead atoms. The van der Waals surface area contributed by atoms with Crippen LogP contribution in [0, 0.1) is 0 Å². The van der Waals surface area contributed by atoms with Crippen LogP contribution in [0.15, 0.2) is 54.6 Å².